The quantitative estimate of drug-likeness (QED) is 0.385. The predicted octanol–water partition coefficient (Wildman–Crippen LogP) is 5.15. The summed E-state index contributed by atoms with van der Waals surface area (Å²) in [6, 6.07) is 13.0. The lowest BCUT2D eigenvalue weighted by Gasteiger charge is -2.66. The fourth-order valence-electron chi connectivity index (χ4n) is 8.31. The smallest absolute Gasteiger partial charge is 0.345 e. The van der Waals surface area contributed by atoms with Gasteiger partial charge >= 0.3 is 17.6 Å². The monoisotopic (exact) mass is 598 g/mol. The summed E-state index contributed by atoms with van der Waals surface area (Å²) in [4.78, 5) is 44.0. The fourth-order valence-corrected chi connectivity index (χ4v) is 8.31. The molecule has 8 atom stereocenters. The number of aromatic nitrogens is 1. The standard InChI is InChI=1S/C34H34N2O8/c1-18-11-12-32(2)24(33(18,3)31(40)41)15-25(43-29(38)20-9-7-19(16-35)8-10-20)34(4)28(32)27(37)26-23(44-34)14-22(42-30(26)39)21-6-5-13-36-17-21/h5-10,13-14,17-18,24-25,27-28,37H,11-12,15H2,1-4H3,(H,40,41)/t18-,24?,25-,27-,28?,32-,33?,34+/m0/s1. The number of benzene rings is 1. The van der Waals surface area contributed by atoms with E-state index in [9.17, 15) is 29.9 Å². The molecule has 3 heterocycles. The number of hydrogen-bond acceptors (Lipinski definition) is 9. The molecule has 2 aliphatic carbocycles. The van der Waals surface area contributed by atoms with Gasteiger partial charge in [0.05, 0.1) is 28.7 Å². The molecular weight excluding hydrogens is 564 g/mol. The number of fused-ring (bicyclic) bond motifs is 4. The van der Waals surface area contributed by atoms with E-state index in [-0.39, 0.29) is 35.0 Å². The molecule has 44 heavy (non-hydrogen) atoms. The lowest BCUT2D eigenvalue weighted by atomic mass is 9.41. The van der Waals surface area contributed by atoms with Crippen LogP contribution in [0.2, 0.25) is 0 Å². The third kappa shape index (κ3) is 4.25. The largest absolute Gasteiger partial charge is 0.482 e. The van der Waals surface area contributed by atoms with Crippen LogP contribution in [-0.4, -0.2) is 38.8 Å². The number of carbonyl (C=O) groups is 2. The molecule has 6 rings (SSSR count). The van der Waals surface area contributed by atoms with E-state index in [0.717, 1.165) is 0 Å². The minimum Gasteiger partial charge on any atom is -0.482 e. The maximum atomic E-state index is 13.5. The van der Waals surface area contributed by atoms with Gasteiger partial charge in [-0.1, -0.05) is 13.8 Å². The lowest BCUT2D eigenvalue weighted by molar-refractivity contribution is -0.253. The normalized spacial score (nSPS) is 33.9. The Hall–Kier alpha value is -4.49. The van der Waals surface area contributed by atoms with Gasteiger partial charge < -0.3 is 24.1 Å². The molecule has 2 N–H and O–H groups in total. The molecule has 228 valence electrons. The van der Waals surface area contributed by atoms with Crippen molar-refractivity contribution in [3.63, 3.8) is 0 Å². The van der Waals surface area contributed by atoms with Crippen LogP contribution in [0.5, 0.6) is 5.75 Å². The molecule has 0 radical (unpaired) electrons. The molecule has 3 unspecified atom stereocenters. The van der Waals surface area contributed by atoms with Crippen molar-refractivity contribution in [2.24, 2.45) is 28.6 Å². The van der Waals surface area contributed by atoms with Crippen molar-refractivity contribution >= 4 is 11.9 Å². The summed E-state index contributed by atoms with van der Waals surface area (Å²) in [7, 11) is 0. The zero-order valence-electron chi connectivity index (χ0n) is 24.9. The topological polar surface area (TPSA) is 160 Å². The molecular formula is C34H34N2O8. The van der Waals surface area contributed by atoms with Gasteiger partial charge in [-0.05, 0) is 86.8 Å². The number of aliphatic carboxylic acids is 1. The third-order valence-electron chi connectivity index (χ3n) is 10.9. The zero-order valence-corrected chi connectivity index (χ0v) is 24.9. The van der Waals surface area contributed by atoms with Crippen LogP contribution in [0.1, 0.15) is 74.5 Å². The highest BCUT2D eigenvalue weighted by Gasteiger charge is 2.71. The highest BCUT2D eigenvalue weighted by atomic mass is 16.6. The SMILES string of the molecule is C[C@H]1CC[C@@]2(C)C(C[C@H](OC(=O)c3ccc(C#N)cc3)[C@@]3(C)Oc4cc(-c5cccnc5)oc(=O)c4[C@H](O)C23)C1(C)C(=O)O. The molecule has 1 aromatic carbocycles. The van der Waals surface area contributed by atoms with Crippen molar-refractivity contribution in [1.29, 1.82) is 5.26 Å². The van der Waals surface area contributed by atoms with Gasteiger partial charge in [-0.15, -0.1) is 0 Å². The van der Waals surface area contributed by atoms with Crippen molar-refractivity contribution in [3.8, 4) is 23.1 Å². The van der Waals surface area contributed by atoms with Crippen LogP contribution in [0.15, 0.2) is 64.1 Å². The molecule has 10 nitrogen and oxygen atoms in total. The van der Waals surface area contributed by atoms with Gasteiger partial charge in [0, 0.05) is 29.9 Å². The number of carboxylic acid groups (broad SMARTS) is 1. The van der Waals surface area contributed by atoms with Crippen LogP contribution in [0.25, 0.3) is 11.3 Å². The Balaban J connectivity index is 1.50. The molecule has 10 heteroatoms. The highest BCUT2D eigenvalue weighted by molar-refractivity contribution is 5.89. The fraction of sp³-hybridized carbons (Fsp3) is 0.441. The maximum absolute atomic E-state index is 13.5. The van der Waals surface area contributed by atoms with Gasteiger partial charge in [0.15, 0.2) is 0 Å². The number of aliphatic hydroxyl groups is 1. The number of carboxylic acids is 1. The summed E-state index contributed by atoms with van der Waals surface area (Å²) in [5.74, 6) is -2.87. The molecule has 3 aliphatic rings. The van der Waals surface area contributed by atoms with Crippen LogP contribution in [0.3, 0.4) is 0 Å². The van der Waals surface area contributed by atoms with E-state index >= 15 is 0 Å². The second kappa shape index (κ2) is 10.3. The van der Waals surface area contributed by atoms with Gasteiger partial charge in [0.25, 0.3) is 0 Å². The Kier molecular flexibility index (Phi) is 6.93. The van der Waals surface area contributed by atoms with Crippen LogP contribution < -0.4 is 10.4 Å². The van der Waals surface area contributed by atoms with E-state index in [0.29, 0.717) is 24.0 Å². The van der Waals surface area contributed by atoms with Gasteiger partial charge in [0.2, 0.25) is 0 Å². The summed E-state index contributed by atoms with van der Waals surface area (Å²) < 4.78 is 18.5. The Bertz CT molecular complexity index is 1730. The van der Waals surface area contributed by atoms with E-state index < -0.39 is 58.0 Å². The molecule has 3 aromatic rings. The lowest BCUT2D eigenvalue weighted by Crippen LogP contribution is -2.71. The van der Waals surface area contributed by atoms with E-state index in [1.165, 1.54) is 30.3 Å². The Labute approximate surface area is 254 Å². The number of nitriles is 1. The van der Waals surface area contributed by atoms with Crippen molar-refractivity contribution < 1.29 is 33.7 Å². The second-order valence-electron chi connectivity index (χ2n) is 13.0. The predicted molar refractivity (Wildman–Crippen MR) is 156 cm³/mol. The second-order valence-corrected chi connectivity index (χ2v) is 13.0. The van der Waals surface area contributed by atoms with E-state index in [1.54, 1.807) is 38.4 Å². The summed E-state index contributed by atoms with van der Waals surface area (Å²) in [5, 5.41) is 31.9. The molecule has 2 fully saturated rings. The first-order valence-corrected chi connectivity index (χ1v) is 14.7. The molecule has 1 aliphatic heterocycles. The number of carbonyl (C=O) groups excluding carboxylic acids is 1. The molecule has 0 saturated heterocycles. The van der Waals surface area contributed by atoms with Gasteiger partial charge in [-0.3, -0.25) is 9.78 Å². The molecule has 0 amide bonds. The van der Waals surface area contributed by atoms with Crippen molar-refractivity contribution in [2.75, 3.05) is 0 Å². The van der Waals surface area contributed by atoms with Gasteiger partial charge in [-0.2, -0.15) is 5.26 Å². The van der Waals surface area contributed by atoms with Gasteiger partial charge in [0.1, 0.15) is 28.8 Å². The minimum absolute atomic E-state index is 0.0465. The minimum atomic E-state index is -1.39. The molecule has 0 spiro atoms. The number of pyridine rings is 1. The maximum Gasteiger partial charge on any atom is 0.345 e. The van der Waals surface area contributed by atoms with Crippen LogP contribution in [-0.2, 0) is 9.53 Å². The number of rotatable bonds is 4. The number of nitrogens with zero attached hydrogens (tertiary/aromatic N) is 2. The van der Waals surface area contributed by atoms with E-state index in [4.69, 9.17) is 13.9 Å². The van der Waals surface area contributed by atoms with Crippen LogP contribution in [0.4, 0.5) is 0 Å². The zero-order chi connectivity index (χ0) is 31.6. The summed E-state index contributed by atoms with van der Waals surface area (Å²) in [6.07, 6.45) is 2.08. The first-order chi connectivity index (χ1) is 20.8. The van der Waals surface area contributed by atoms with Crippen LogP contribution in [0, 0.1) is 39.9 Å². The van der Waals surface area contributed by atoms with E-state index in [2.05, 4.69) is 4.98 Å². The van der Waals surface area contributed by atoms with Crippen molar-refractivity contribution in [2.45, 2.75) is 64.8 Å². The Morgan fingerprint density at radius 3 is 2.52 bits per heavy atom. The number of aliphatic hydroxyl groups excluding tert-OH is 1. The Morgan fingerprint density at radius 1 is 1.16 bits per heavy atom. The summed E-state index contributed by atoms with van der Waals surface area (Å²) in [6.45, 7) is 7.35. The third-order valence-corrected chi connectivity index (χ3v) is 10.9. The number of esters is 1. The van der Waals surface area contributed by atoms with Crippen LogP contribution >= 0.6 is 0 Å². The first-order valence-electron chi connectivity index (χ1n) is 14.7. The van der Waals surface area contributed by atoms with Gasteiger partial charge in [-0.25, -0.2) is 9.59 Å². The average molecular weight is 599 g/mol. The van der Waals surface area contributed by atoms with Crippen molar-refractivity contribution in [1.82, 2.24) is 4.98 Å². The number of hydrogen-bond donors (Lipinski definition) is 2. The molecule has 0 bridgehead atoms. The summed E-state index contributed by atoms with van der Waals surface area (Å²) >= 11 is 0. The average Bonchev–Trinajstić information content (AvgIpc) is 3.00. The number of ether oxygens (including phenoxy) is 2. The molecule has 2 aromatic heterocycles. The molecule has 2 saturated carbocycles. The highest BCUT2D eigenvalue weighted by Crippen LogP contribution is 2.68. The van der Waals surface area contributed by atoms with E-state index in [1.807, 2.05) is 19.9 Å². The first kappa shape index (κ1) is 29.6. The summed E-state index contributed by atoms with van der Waals surface area (Å²) in [5.41, 5.74) is -3.04. The van der Waals surface area contributed by atoms with Crippen molar-refractivity contribution in [3.05, 3.63) is 82.0 Å². The Morgan fingerprint density at radius 2 is 1.89 bits per heavy atom.